The summed E-state index contributed by atoms with van der Waals surface area (Å²) in [6.45, 7) is 8.94. The molecule has 0 aromatic heterocycles. The zero-order valence-electron chi connectivity index (χ0n) is 14.8. The van der Waals surface area contributed by atoms with Crippen molar-refractivity contribution in [1.82, 2.24) is 0 Å². The zero-order chi connectivity index (χ0) is 17.2. The summed E-state index contributed by atoms with van der Waals surface area (Å²) in [5.74, 6) is 1.72. The number of benzene rings is 3. The van der Waals surface area contributed by atoms with Gasteiger partial charge in [0.15, 0.2) is 0 Å². The van der Waals surface area contributed by atoms with E-state index in [4.69, 9.17) is 4.74 Å². The second-order valence-corrected chi connectivity index (χ2v) is 6.81. The van der Waals surface area contributed by atoms with E-state index in [1.54, 1.807) is 0 Å². The normalized spacial score (nSPS) is 11.3. The van der Waals surface area contributed by atoms with Crippen molar-refractivity contribution in [3.63, 3.8) is 0 Å². The SMILES string of the molecule is Cc1cccc(C(C)(C)c2ccc(Oc3ccccc3)cc2)c1C. The molecule has 0 saturated heterocycles. The van der Waals surface area contributed by atoms with Crippen molar-refractivity contribution in [2.45, 2.75) is 33.1 Å². The monoisotopic (exact) mass is 316 g/mol. The molecule has 0 atom stereocenters. The summed E-state index contributed by atoms with van der Waals surface area (Å²) < 4.78 is 5.89. The van der Waals surface area contributed by atoms with Crippen LogP contribution in [0.15, 0.2) is 72.8 Å². The maximum atomic E-state index is 5.89. The molecule has 0 bridgehead atoms. The molecule has 0 saturated carbocycles. The summed E-state index contributed by atoms with van der Waals surface area (Å²) in [5, 5.41) is 0. The van der Waals surface area contributed by atoms with E-state index < -0.39 is 0 Å². The summed E-state index contributed by atoms with van der Waals surface area (Å²) in [5.41, 5.74) is 5.33. The number of hydrogen-bond acceptors (Lipinski definition) is 1. The minimum Gasteiger partial charge on any atom is -0.457 e. The smallest absolute Gasteiger partial charge is 0.127 e. The number of ether oxygens (including phenoxy) is 1. The lowest BCUT2D eigenvalue weighted by molar-refractivity contribution is 0.482. The highest BCUT2D eigenvalue weighted by molar-refractivity contribution is 5.46. The first kappa shape index (κ1) is 16.3. The molecule has 0 unspecified atom stereocenters. The Kier molecular flexibility index (Phi) is 4.44. The maximum absolute atomic E-state index is 5.89. The Morgan fingerprint density at radius 2 is 1.29 bits per heavy atom. The minimum absolute atomic E-state index is 0.0403. The minimum atomic E-state index is -0.0403. The molecule has 0 aliphatic rings. The molecular weight excluding hydrogens is 292 g/mol. The summed E-state index contributed by atoms with van der Waals surface area (Å²) in [6.07, 6.45) is 0. The molecule has 0 fully saturated rings. The molecule has 0 aliphatic heterocycles. The van der Waals surface area contributed by atoms with Gasteiger partial charge < -0.3 is 4.74 Å². The summed E-state index contributed by atoms with van der Waals surface area (Å²) in [7, 11) is 0. The average Bonchev–Trinajstić information content (AvgIpc) is 2.58. The van der Waals surface area contributed by atoms with Crippen LogP contribution in [0.4, 0.5) is 0 Å². The lowest BCUT2D eigenvalue weighted by Gasteiger charge is -2.28. The van der Waals surface area contributed by atoms with E-state index in [0.29, 0.717) is 0 Å². The Bertz CT molecular complexity index is 814. The molecule has 0 radical (unpaired) electrons. The second kappa shape index (κ2) is 6.52. The van der Waals surface area contributed by atoms with E-state index >= 15 is 0 Å². The molecule has 0 N–H and O–H groups in total. The molecule has 3 aromatic carbocycles. The molecule has 1 heteroatoms. The lowest BCUT2D eigenvalue weighted by Crippen LogP contribution is -2.20. The number of para-hydroxylation sites is 1. The highest BCUT2D eigenvalue weighted by atomic mass is 16.5. The Labute approximate surface area is 144 Å². The third-order valence-electron chi connectivity index (χ3n) is 4.83. The fourth-order valence-corrected chi connectivity index (χ4v) is 3.15. The molecule has 122 valence electrons. The quantitative estimate of drug-likeness (QED) is 0.539. The van der Waals surface area contributed by atoms with Gasteiger partial charge >= 0.3 is 0 Å². The first-order chi connectivity index (χ1) is 11.5. The van der Waals surface area contributed by atoms with Crippen LogP contribution in [0.3, 0.4) is 0 Å². The van der Waals surface area contributed by atoms with Crippen molar-refractivity contribution in [3.05, 3.63) is 95.1 Å². The van der Waals surface area contributed by atoms with Gasteiger partial charge in [0.1, 0.15) is 11.5 Å². The van der Waals surface area contributed by atoms with Crippen LogP contribution in [-0.4, -0.2) is 0 Å². The van der Waals surface area contributed by atoms with Crippen LogP contribution in [-0.2, 0) is 5.41 Å². The van der Waals surface area contributed by atoms with Gasteiger partial charge in [-0.2, -0.15) is 0 Å². The van der Waals surface area contributed by atoms with Gasteiger partial charge in [-0.25, -0.2) is 0 Å². The Morgan fingerprint density at radius 3 is 1.96 bits per heavy atom. The van der Waals surface area contributed by atoms with Gasteiger partial charge in [0.2, 0.25) is 0 Å². The number of aryl methyl sites for hydroxylation is 1. The predicted octanol–water partition coefficient (Wildman–Crippen LogP) is 6.42. The fourth-order valence-electron chi connectivity index (χ4n) is 3.15. The topological polar surface area (TPSA) is 9.23 Å². The molecule has 3 aromatic rings. The maximum Gasteiger partial charge on any atom is 0.127 e. The van der Waals surface area contributed by atoms with Crippen LogP contribution in [0, 0.1) is 13.8 Å². The molecule has 24 heavy (non-hydrogen) atoms. The van der Waals surface area contributed by atoms with Gasteiger partial charge in [0.05, 0.1) is 0 Å². The predicted molar refractivity (Wildman–Crippen MR) is 101 cm³/mol. The fraction of sp³-hybridized carbons (Fsp3) is 0.217. The summed E-state index contributed by atoms with van der Waals surface area (Å²) in [4.78, 5) is 0. The Balaban J connectivity index is 1.88. The van der Waals surface area contributed by atoms with Crippen LogP contribution in [0.2, 0.25) is 0 Å². The molecule has 3 rings (SSSR count). The first-order valence-corrected chi connectivity index (χ1v) is 8.38. The number of rotatable bonds is 4. The highest BCUT2D eigenvalue weighted by Crippen LogP contribution is 2.35. The molecule has 0 spiro atoms. The van der Waals surface area contributed by atoms with Gasteiger partial charge in [-0.15, -0.1) is 0 Å². The second-order valence-electron chi connectivity index (χ2n) is 6.81. The standard InChI is InChI=1S/C23H24O/c1-17-9-8-12-22(18(17)2)23(3,4)19-13-15-21(16-14-19)24-20-10-6-5-7-11-20/h5-16H,1-4H3. The van der Waals surface area contributed by atoms with Crippen molar-refractivity contribution in [1.29, 1.82) is 0 Å². The van der Waals surface area contributed by atoms with E-state index in [1.807, 2.05) is 30.3 Å². The van der Waals surface area contributed by atoms with Crippen molar-refractivity contribution in [3.8, 4) is 11.5 Å². The average molecular weight is 316 g/mol. The zero-order valence-corrected chi connectivity index (χ0v) is 14.8. The van der Waals surface area contributed by atoms with E-state index in [2.05, 4.69) is 70.2 Å². The van der Waals surface area contributed by atoms with Crippen molar-refractivity contribution in [2.75, 3.05) is 0 Å². The molecule has 0 amide bonds. The van der Waals surface area contributed by atoms with Gasteiger partial charge in [-0.3, -0.25) is 0 Å². The van der Waals surface area contributed by atoms with Crippen molar-refractivity contribution >= 4 is 0 Å². The van der Waals surface area contributed by atoms with Crippen molar-refractivity contribution < 1.29 is 4.74 Å². The van der Waals surface area contributed by atoms with Gasteiger partial charge in [0.25, 0.3) is 0 Å². The third kappa shape index (κ3) is 3.21. The van der Waals surface area contributed by atoms with E-state index in [1.165, 1.54) is 22.3 Å². The number of hydrogen-bond donors (Lipinski definition) is 0. The van der Waals surface area contributed by atoms with Gasteiger partial charge in [0, 0.05) is 5.41 Å². The molecule has 0 heterocycles. The summed E-state index contributed by atoms with van der Waals surface area (Å²) >= 11 is 0. The van der Waals surface area contributed by atoms with Crippen LogP contribution in [0.25, 0.3) is 0 Å². The first-order valence-electron chi connectivity index (χ1n) is 8.38. The van der Waals surface area contributed by atoms with E-state index in [9.17, 15) is 0 Å². The Hall–Kier alpha value is -2.54. The van der Waals surface area contributed by atoms with Crippen LogP contribution in [0.5, 0.6) is 11.5 Å². The van der Waals surface area contributed by atoms with Gasteiger partial charge in [-0.1, -0.05) is 62.4 Å². The van der Waals surface area contributed by atoms with Crippen LogP contribution < -0.4 is 4.74 Å². The largest absolute Gasteiger partial charge is 0.457 e. The summed E-state index contributed by atoms with van der Waals surface area (Å²) in [6, 6.07) is 24.9. The van der Waals surface area contributed by atoms with Crippen LogP contribution in [0.1, 0.15) is 36.1 Å². The third-order valence-corrected chi connectivity index (χ3v) is 4.83. The lowest BCUT2D eigenvalue weighted by atomic mass is 9.75. The Morgan fingerprint density at radius 1 is 0.667 bits per heavy atom. The van der Waals surface area contributed by atoms with Crippen molar-refractivity contribution in [2.24, 2.45) is 0 Å². The van der Waals surface area contributed by atoms with Gasteiger partial charge in [-0.05, 0) is 60.4 Å². The highest BCUT2D eigenvalue weighted by Gasteiger charge is 2.25. The van der Waals surface area contributed by atoms with E-state index in [-0.39, 0.29) is 5.41 Å². The molecule has 0 aliphatic carbocycles. The van der Waals surface area contributed by atoms with Crippen LogP contribution >= 0.6 is 0 Å². The molecular formula is C23H24O. The van der Waals surface area contributed by atoms with E-state index in [0.717, 1.165) is 11.5 Å². The molecule has 1 nitrogen and oxygen atoms in total.